The molecular weight excluding hydrogens is 387 g/mol. The zero-order valence-electron chi connectivity index (χ0n) is 18.5. The summed E-state index contributed by atoms with van der Waals surface area (Å²) in [5.41, 5.74) is 3.69. The van der Waals surface area contributed by atoms with E-state index < -0.39 is 0 Å². The first kappa shape index (κ1) is 21.6. The molecule has 1 aliphatic rings. The molecule has 0 amide bonds. The van der Waals surface area contributed by atoms with Crippen LogP contribution >= 0.6 is 0 Å². The molecule has 0 N–H and O–H groups in total. The van der Waals surface area contributed by atoms with Crippen molar-refractivity contribution in [2.45, 2.75) is 51.7 Å². The van der Waals surface area contributed by atoms with Gasteiger partial charge in [0.15, 0.2) is 0 Å². The largest absolute Gasteiger partial charge is 0.497 e. The Hall–Kier alpha value is -2.59. The molecule has 164 valence electrons. The van der Waals surface area contributed by atoms with Crippen LogP contribution in [0.5, 0.6) is 5.75 Å². The lowest BCUT2D eigenvalue weighted by Crippen LogP contribution is -2.30. The molecule has 0 atom stereocenters. The maximum Gasteiger partial charge on any atom is 0.123 e. The number of methoxy groups -OCH3 is 1. The van der Waals surface area contributed by atoms with Gasteiger partial charge in [-0.1, -0.05) is 43.5 Å². The van der Waals surface area contributed by atoms with Crippen molar-refractivity contribution in [1.29, 1.82) is 0 Å². The summed E-state index contributed by atoms with van der Waals surface area (Å²) in [4.78, 5) is 2.58. The van der Waals surface area contributed by atoms with Crippen molar-refractivity contribution in [3.05, 3.63) is 89.5 Å². The minimum absolute atomic E-state index is 0.187. The van der Waals surface area contributed by atoms with E-state index in [1.54, 1.807) is 7.11 Å². The highest BCUT2D eigenvalue weighted by molar-refractivity contribution is 5.28. The SMILES string of the molecule is COc1cccc(CN(Cc2cccn2Cc2ccc(F)cc2)CC2CCCCC2)c1. The van der Waals surface area contributed by atoms with Crippen LogP contribution in [0, 0.1) is 11.7 Å². The predicted octanol–water partition coefficient (Wildman–Crippen LogP) is 6.27. The van der Waals surface area contributed by atoms with E-state index in [0.717, 1.165) is 43.4 Å². The van der Waals surface area contributed by atoms with Gasteiger partial charge in [0.25, 0.3) is 0 Å². The maximum atomic E-state index is 13.3. The normalized spacial score (nSPS) is 14.8. The Kier molecular flexibility index (Phi) is 7.42. The van der Waals surface area contributed by atoms with Crippen LogP contribution in [-0.4, -0.2) is 23.1 Å². The topological polar surface area (TPSA) is 17.4 Å². The van der Waals surface area contributed by atoms with E-state index in [0.29, 0.717) is 0 Å². The van der Waals surface area contributed by atoms with E-state index in [1.807, 2.05) is 18.2 Å². The number of nitrogens with zero attached hydrogens (tertiary/aromatic N) is 2. The van der Waals surface area contributed by atoms with E-state index in [2.05, 4.69) is 46.0 Å². The van der Waals surface area contributed by atoms with Crippen LogP contribution in [0.2, 0.25) is 0 Å². The summed E-state index contributed by atoms with van der Waals surface area (Å²) in [5, 5.41) is 0. The van der Waals surface area contributed by atoms with Crippen molar-refractivity contribution >= 4 is 0 Å². The smallest absolute Gasteiger partial charge is 0.123 e. The molecule has 2 aromatic carbocycles. The first-order chi connectivity index (χ1) is 15.2. The lowest BCUT2D eigenvalue weighted by Gasteiger charge is -2.30. The van der Waals surface area contributed by atoms with Crippen molar-refractivity contribution in [2.24, 2.45) is 5.92 Å². The number of hydrogen-bond donors (Lipinski definition) is 0. The average Bonchev–Trinajstić information content (AvgIpc) is 3.22. The van der Waals surface area contributed by atoms with Crippen molar-refractivity contribution in [3.63, 3.8) is 0 Å². The van der Waals surface area contributed by atoms with Gasteiger partial charge in [-0.3, -0.25) is 4.90 Å². The molecule has 0 spiro atoms. The Balaban J connectivity index is 1.49. The predicted molar refractivity (Wildman–Crippen MR) is 124 cm³/mol. The van der Waals surface area contributed by atoms with Gasteiger partial charge < -0.3 is 9.30 Å². The Morgan fingerprint density at radius 2 is 1.74 bits per heavy atom. The first-order valence-corrected chi connectivity index (χ1v) is 11.4. The molecule has 3 aromatic rings. The molecule has 1 aliphatic carbocycles. The van der Waals surface area contributed by atoms with Crippen molar-refractivity contribution in [1.82, 2.24) is 9.47 Å². The van der Waals surface area contributed by atoms with Crippen molar-refractivity contribution in [3.8, 4) is 5.75 Å². The zero-order chi connectivity index (χ0) is 21.5. The first-order valence-electron chi connectivity index (χ1n) is 11.4. The number of ether oxygens (including phenoxy) is 1. The molecule has 1 saturated carbocycles. The third kappa shape index (κ3) is 6.20. The Morgan fingerprint density at radius 3 is 2.52 bits per heavy atom. The van der Waals surface area contributed by atoms with E-state index in [9.17, 15) is 4.39 Å². The monoisotopic (exact) mass is 420 g/mol. The van der Waals surface area contributed by atoms with Crippen LogP contribution in [0.3, 0.4) is 0 Å². The van der Waals surface area contributed by atoms with E-state index in [4.69, 9.17) is 4.74 Å². The molecule has 4 rings (SSSR count). The van der Waals surface area contributed by atoms with Gasteiger partial charge in [0.2, 0.25) is 0 Å². The summed E-state index contributed by atoms with van der Waals surface area (Å²) in [6, 6.07) is 19.6. The molecule has 0 saturated heterocycles. The van der Waals surface area contributed by atoms with Crippen LogP contribution in [0.4, 0.5) is 4.39 Å². The van der Waals surface area contributed by atoms with Crippen LogP contribution < -0.4 is 4.74 Å². The molecule has 0 radical (unpaired) electrons. The average molecular weight is 421 g/mol. The highest BCUT2D eigenvalue weighted by atomic mass is 19.1. The second-order valence-corrected chi connectivity index (χ2v) is 8.78. The van der Waals surface area contributed by atoms with Gasteiger partial charge in [-0.25, -0.2) is 4.39 Å². The van der Waals surface area contributed by atoms with Gasteiger partial charge in [-0.15, -0.1) is 0 Å². The molecule has 4 heteroatoms. The highest BCUT2D eigenvalue weighted by Gasteiger charge is 2.19. The Morgan fingerprint density at radius 1 is 0.935 bits per heavy atom. The van der Waals surface area contributed by atoms with Gasteiger partial charge in [0, 0.05) is 38.1 Å². The summed E-state index contributed by atoms with van der Waals surface area (Å²) >= 11 is 0. The van der Waals surface area contributed by atoms with Crippen LogP contribution in [0.25, 0.3) is 0 Å². The maximum absolute atomic E-state index is 13.3. The quantitative estimate of drug-likeness (QED) is 0.406. The minimum Gasteiger partial charge on any atom is -0.497 e. The summed E-state index contributed by atoms with van der Waals surface area (Å²) in [6.07, 6.45) is 8.91. The third-order valence-electron chi connectivity index (χ3n) is 6.36. The molecule has 31 heavy (non-hydrogen) atoms. The minimum atomic E-state index is -0.187. The van der Waals surface area contributed by atoms with E-state index >= 15 is 0 Å². The molecule has 1 aromatic heterocycles. The summed E-state index contributed by atoms with van der Waals surface area (Å²) in [6.45, 7) is 3.70. The fourth-order valence-corrected chi connectivity index (χ4v) is 4.71. The lowest BCUT2D eigenvalue weighted by atomic mass is 9.89. The van der Waals surface area contributed by atoms with Gasteiger partial charge in [0.05, 0.1) is 7.11 Å². The molecule has 0 unspecified atom stereocenters. The fraction of sp³-hybridized carbons (Fsp3) is 0.407. The van der Waals surface area contributed by atoms with Crippen LogP contribution in [-0.2, 0) is 19.6 Å². The molecule has 1 heterocycles. The van der Waals surface area contributed by atoms with Crippen LogP contribution in [0.15, 0.2) is 66.9 Å². The van der Waals surface area contributed by atoms with E-state index in [1.165, 1.54) is 55.5 Å². The van der Waals surface area contributed by atoms with E-state index in [-0.39, 0.29) is 5.82 Å². The molecule has 0 bridgehead atoms. The number of halogens is 1. The zero-order valence-corrected chi connectivity index (χ0v) is 18.5. The fourth-order valence-electron chi connectivity index (χ4n) is 4.71. The number of benzene rings is 2. The third-order valence-corrected chi connectivity index (χ3v) is 6.36. The van der Waals surface area contributed by atoms with Crippen molar-refractivity contribution in [2.75, 3.05) is 13.7 Å². The molecule has 1 fully saturated rings. The van der Waals surface area contributed by atoms with Gasteiger partial charge in [-0.05, 0) is 66.3 Å². The van der Waals surface area contributed by atoms with Gasteiger partial charge >= 0.3 is 0 Å². The van der Waals surface area contributed by atoms with Crippen molar-refractivity contribution < 1.29 is 9.13 Å². The van der Waals surface area contributed by atoms with Crippen LogP contribution in [0.1, 0.15) is 48.9 Å². The molecular formula is C27H33FN2O. The summed E-state index contributed by atoms with van der Waals surface area (Å²) in [7, 11) is 1.72. The Labute approximate surface area is 185 Å². The standard InChI is InChI=1S/C27H33FN2O/c1-31-27-11-5-9-24(17-27)19-29(18-22-7-3-2-4-8-22)21-26-10-6-16-30(26)20-23-12-14-25(28)15-13-23/h5-6,9-17,22H,2-4,7-8,18-21H2,1H3. The second-order valence-electron chi connectivity index (χ2n) is 8.78. The van der Waals surface area contributed by atoms with Gasteiger partial charge in [0.1, 0.15) is 11.6 Å². The van der Waals surface area contributed by atoms with Gasteiger partial charge in [-0.2, -0.15) is 0 Å². The number of aromatic nitrogens is 1. The number of rotatable bonds is 9. The lowest BCUT2D eigenvalue weighted by molar-refractivity contribution is 0.183. The highest BCUT2D eigenvalue weighted by Crippen LogP contribution is 2.26. The molecule has 3 nitrogen and oxygen atoms in total. The second kappa shape index (κ2) is 10.6. The number of hydrogen-bond acceptors (Lipinski definition) is 2. The summed E-state index contributed by atoms with van der Waals surface area (Å²) < 4.78 is 21.0. The summed E-state index contributed by atoms with van der Waals surface area (Å²) in [5.74, 6) is 1.50. The Bertz CT molecular complexity index is 944. The molecule has 0 aliphatic heterocycles.